The van der Waals surface area contributed by atoms with E-state index >= 15 is 0 Å². The van der Waals surface area contributed by atoms with Gasteiger partial charge in [-0.2, -0.15) is 0 Å². The molecule has 0 bridgehead atoms. The second kappa shape index (κ2) is 3.88. The Hall–Kier alpha value is 0.706. The summed E-state index contributed by atoms with van der Waals surface area (Å²) in [5, 5.41) is 11.8. The van der Waals surface area contributed by atoms with E-state index in [1.54, 1.807) is 0 Å². The number of nitrogens with one attached hydrogen (secondary N) is 1. The Morgan fingerprint density at radius 2 is 2.33 bits per heavy atom. The predicted octanol–water partition coefficient (Wildman–Crippen LogP) is -4.00. The van der Waals surface area contributed by atoms with Crippen LogP contribution >= 0.6 is 0 Å². The zero-order chi connectivity index (χ0) is 3.54. The standard InChI is InChI=1S/CHN4.K/c1-2-4-5-3-1;/h(H,2,3,4,5);/q-1;+1. The third-order valence-electron chi connectivity index (χ3n) is 0.239. The smallest absolute Gasteiger partial charge is 0.357 e. The van der Waals surface area contributed by atoms with Crippen molar-refractivity contribution < 1.29 is 51.4 Å². The number of rotatable bonds is 0. The van der Waals surface area contributed by atoms with Crippen LogP contribution in [0.15, 0.2) is 0 Å². The van der Waals surface area contributed by atoms with Gasteiger partial charge in [-0.05, 0) is 0 Å². The van der Waals surface area contributed by atoms with Gasteiger partial charge in [-0.1, -0.05) is 5.21 Å². The second-order valence-electron chi connectivity index (χ2n) is 0.512. The van der Waals surface area contributed by atoms with Gasteiger partial charge < -0.3 is 10.2 Å². The third-order valence-corrected chi connectivity index (χ3v) is 0.239. The summed E-state index contributed by atoms with van der Waals surface area (Å²) >= 11 is 0. The zero-order valence-corrected chi connectivity index (χ0v) is 6.46. The topological polar surface area (TPSA) is 54.5 Å². The maximum atomic E-state index is 3.25. The van der Waals surface area contributed by atoms with Gasteiger partial charge in [-0.25, -0.2) is 11.5 Å². The SMILES string of the molecule is [K+].[c-]1nn[nH]n1. The molecular formula is CHKN4. The van der Waals surface area contributed by atoms with Crippen LogP contribution in [0.2, 0.25) is 0 Å². The fourth-order valence-corrected chi connectivity index (χ4v) is 0.112. The molecule has 0 aliphatic carbocycles. The molecule has 1 aromatic heterocycles. The minimum atomic E-state index is 0. The first kappa shape index (κ1) is 6.71. The molecule has 4 nitrogen and oxygen atoms in total. The molecule has 1 rings (SSSR count). The van der Waals surface area contributed by atoms with Crippen molar-refractivity contribution in [1.82, 2.24) is 20.6 Å². The van der Waals surface area contributed by atoms with Crippen LogP contribution in [0.25, 0.3) is 0 Å². The van der Waals surface area contributed by atoms with Crippen LogP contribution in [-0.2, 0) is 0 Å². The number of tetrazole rings is 1. The van der Waals surface area contributed by atoms with Crippen molar-refractivity contribution in [3.05, 3.63) is 6.33 Å². The molecule has 0 atom stereocenters. The summed E-state index contributed by atoms with van der Waals surface area (Å²) in [6.07, 6.45) is 2.19. The van der Waals surface area contributed by atoms with Crippen LogP contribution in [0.3, 0.4) is 0 Å². The van der Waals surface area contributed by atoms with E-state index in [1.165, 1.54) is 0 Å². The molecule has 0 radical (unpaired) electrons. The van der Waals surface area contributed by atoms with Crippen molar-refractivity contribution in [2.45, 2.75) is 0 Å². The normalized spacial score (nSPS) is 6.67. The molecule has 5 heteroatoms. The molecule has 0 aromatic carbocycles. The van der Waals surface area contributed by atoms with Gasteiger partial charge >= 0.3 is 51.4 Å². The molecule has 0 spiro atoms. The van der Waals surface area contributed by atoms with Crippen molar-refractivity contribution >= 4 is 0 Å². The third kappa shape index (κ3) is 1.99. The van der Waals surface area contributed by atoms with Gasteiger partial charge in [0.05, 0.1) is 0 Å². The molecule has 1 heterocycles. The number of aromatic nitrogens is 4. The molecule has 26 valence electrons. The molecule has 0 saturated heterocycles. The van der Waals surface area contributed by atoms with Crippen molar-refractivity contribution in [1.29, 1.82) is 0 Å². The maximum Gasteiger partial charge on any atom is 1.00 e. The molecule has 1 aromatic rings. The van der Waals surface area contributed by atoms with E-state index in [-0.39, 0.29) is 51.4 Å². The average molecular weight is 108 g/mol. The summed E-state index contributed by atoms with van der Waals surface area (Å²) in [5.74, 6) is 0. The first-order chi connectivity index (χ1) is 2.50. The largest absolute Gasteiger partial charge is 1.00 e. The Morgan fingerprint density at radius 1 is 1.50 bits per heavy atom. The van der Waals surface area contributed by atoms with E-state index in [4.69, 9.17) is 0 Å². The van der Waals surface area contributed by atoms with Crippen molar-refractivity contribution in [2.24, 2.45) is 0 Å². The fraction of sp³-hybridized carbons (Fsp3) is 0. The molecule has 0 amide bonds. The van der Waals surface area contributed by atoms with Crippen LogP contribution < -0.4 is 51.4 Å². The summed E-state index contributed by atoms with van der Waals surface area (Å²) in [6, 6.07) is 0. The summed E-state index contributed by atoms with van der Waals surface area (Å²) in [4.78, 5) is 0. The fourth-order valence-electron chi connectivity index (χ4n) is 0.112. The van der Waals surface area contributed by atoms with E-state index in [2.05, 4.69) is 27.0 Å². The van der Waals surface area contributed by atoms with Gasteiger partial charge in [0.2, 0.25) is 0 Å². The van der Waals surface area contributed by atoms with Gasteiger partial charge in [0.15, 0.2) is 0 Å². The maximum absolute atomic E-state index is 3.25. The summed E-state index contributed by atoms with van der Waals surface area (Å²) < 4.78 is 0. The van der Waals surface area contributed by atoms with Crippen molar-refractivity contribution in [3.63, 3.8) is 0 Å². The van der Waals surface area contributed by atoms with Gasteiger partial charge in [0.25, 0.3) is 0 Å². The van der Waals surface area contributed by atoms with Crippen LogP contribution in [0.5, 0.6) is 0 Å². The van der Waals surface area contributed by atoms with Crippen LogP contribution in [0.4, 0.5) is 0 Å². The number of aromatic amines is 1. The minimum Gasteiger partial charge on any atom is -0.357 e. The first-order valence-electron chi connectivity index (χ1n) is 1.09. The Morgan fingerprint density at radius 3 is 2.50 bits per heavy atom. The Balaban J connectivity index is 0.000000250. The zero-order valence-electron chi connectivity index (χ0n) is 3.34. The predicted molar refractivity (Wildman–Crippen MR) is 13.0 cm³/mol. The quantitative estimate of drug-likeness (QED) is 0.272. The minimum absolute atomic E-state index is 0. The first-order valence-corrected chi connectivity index (χ1v) is 1.09. The van der Waals surface area contributed by atoms with E-state index in [0.29, 0.717) is 0 Å². The van der Waals surface area contributed by atoms with E-state index in [0.717, 1.165) is 0 Å². The Bertz CT molecular complexity index is 64.0. The number of hydrogen-bond donors (Lipinski definition) is 1. The molecule has 1 N–H and O–H groups in total. The van der Waals surface area contributed by atoms with Crippen LogP contribution in [0.1, 0.15) is 0 Å². The van der Waals surface area contributed by atoms with Crippen LogP contribution in [-0.4, -0.2) is 20.6 Å². The number of nitrogens with zero attached hydrogens (tertiary/aromatic N) is 3. The number of H-pyrrole nitrogens is 1. The summed E-state index contributed by atoms with van der Waals surface area (Å²) in [7, 11) is 0. The molecule has 0 aliphatic rings. The monoisotopic (exact) mass is 108 g/mol. The molecular weight excluding hydrogens is 107 g/mol. The molecule has 0 saturated carbocycles. The Labute approximate surface area is 77.1 Å². The molecule has 0 unspecified atom stereocenters. The number of hydrogen-bond acceptors (Lipinski definition) is 3. The Kier molecular flexibility index (Phi) is 4.34. The molecule has 6 heavy (non-hydrogen) atoms. The average Bonchev–Trinajstić information content (AvgIpc) is 1.76. The summed E-state index contributed by atoms with van der Waals surface area (Å²) in [6.45, 7) is 0. The van der Waals surface area contributed by atoms with Gasteiger partial charge in [0, 0.05) is 0 Å². The van der Waals surface area contributed by atoms with E-state index < -0.39 is 0 Å². The van der Waals surface area contributed by atoms with Crippen molar-refractivity contribution in [2.75, 3.05) is 0 Å². The molecule has 0 fully saturated rings. The van der Waals surface area contributed by atoms with Gasteiger partial charge in [-0.3, -0.25) is 0 Å². The van der Waals surface area contributed by atoms with Gasteiger partial charge in [0.1, 0.15) is 0 Å². The van der Waals surface area contributed by atoms with Gasteiger partial charge in [-0.15, -0.1) is 0 Å². The van der Waals surface area contributed by atoms with Crippen molar-refractivity contribution in [3.8, 4) is 0 Å². The summed E-state index contributed by atoms with van der Waals surface area (Å²) in [5.41, 5.74) is 0. The molecule has 0 aliphatic heterocycles. The van der Waals surface area contributed by atoms with E-state index in [9.17, 15) is 0 Å². The van der Waals surface area contributed by atoms with E-state index in [1.807, 2.05) is 0 Å². The second-order valence-corrected chi connectivity index (χ2v) is 0.512. The van der Waals surface area contributed by atoms with Crippen LogP contribution in [0, 0.1) is 6.33 Å².